The van der Waals surface area contributed by atoms with E-state index in [1.54, 1.807) is 6.92 Å². The van der Waals surface area contributed by atoms with Crippen molar-refractivity contribution in [3.8, 4) is 0 Å². The summed E-state index contributed by atoms with van der Waals surface area (Å²) in [6.07, 6.45) is -1.09. The fourth-order valence-corrected chi connectivity index (χ4v) is 2.32. The average Bonchev–Trinajstić information content (AvgIpc) is 3.04. The molecule has 1 aliphatic rings. The Bertz CT molecular complexity index is 649. The van der Waals surface area contributed by atoms with E-state index in [1.807, 2.05) is 0 Å². The molecule has 0 aliphatic carbocycles. The van der Waals surface area contributed by atoms with Gasteiger partial charge in [0.05, 0.1) is 0 Å². The first kappa shape index (κ1) is 17.9. The molecule has 24 heavy (non-hydrogen) atoms. The van der Waals surface area contributed by atoms with E-state index in [2.05, 4.69) is 10.6 Å². The van der Waals surface area contributed by atoms with Crippen molar-refractivity contribution in [2.75, 3.05) is 13.1 Å². The van der Waals surface area contributed by atoms with Gasteiger partial charge in [0.1, 0.15) is 11.9 Å². The molecule has 0 aromatic heterocycles. The molecule has 0 spiro atoms. The van der Waals surface area contributed by atoms with Gasteiger partial charge >= 0.3 is 5.97 Å². The number of benzene rings is 1. The number of halogens is 1. The maximum atomic E-state index is 13.4. The highest BCUT2D eigenvalue weighted by molar-refractivity contribution is 5.94. The highest BCUT2D eigenvalue weighted by Gasteiger charge is 2.34. The Morgan fingerprint density at radius 2 is 1.88 bits per heavy atom. The van der Waals surface area contributed by atoms with Crippen LogP contribution < -0.4 is 10.6 Å². The minimum Gasteiger partial charge on any atom is -0.479 e. The molecule has 0 saturated carbocycles. The number of rotatable bonds is 6. The smallest absolute Gasteiger partial charge is 0.332 e. The van der Waals surface area contributed by atoms with Gasteiger partial charge in [-0.15, -0.1) is 0 Å². The molecule has 3 N–H and O–H groups in total. The number of nitrogens with one attached hydrogen (secondary N) is 2. The number of ether oxygens (including phenoxy) is 1. The molecule has 7 nitrogen and oxygen atoms in total. The first-order valence-electron chi connectivity index (χ1n) is 7.59. The Balaban J connectivity index is 1.71. The summed E-state index contributed by atoms with van der Waals surface area (Å²) in [6, 6.07) is 4.19. The number of amides is 2. The average molecular weight is 338 g/mol. The van der Waals surface area contributed by atoms with Crippen molar-refractivity contribution in [2.24, 2.45) is 0 Å². The number of aryl methyl sites for hydroxylation is 1. The molecule has 2 rings (SSSR count). The van der Waals surface area contributed by atoms with Crippen molar-refractivity contribution in [3.63, 3.8) is 0 Å². The standard InChI is InChI=1S/C16H19FN2O5/c1-9-2-3-10(8-11(9)17)14(20)18-6-7-19-15(21)12-4-5-13(24-12)16(22)23/h2-3,8,12-13H,4-7H2,1H3,(H,18,20)(H,19,21)(H,22,23)/t12-,13+/m0/s1. The van der Waals surface area contributed by atoms with Gasteiger partial charge in [-0.3, -0.25) is 9.59 Å². The summed E-state index contributed by atoms with van der Waals surface area (Å²) in [5.41, 5.74) is 0.655. The van der Waals surface area contributed by atoms with Crippen LogP contribution >= 0.6 is 0 Å². The molecule has 1 aromatic carbocycles. The Kier molecular flexibility index (Phi) is 5.86. The number of carboxylic acids is 1. The predicted molar refractivity (Wildman–Crippen MR) is 82.0 cm³/mol. The number of hydrogen-bond acceptors (Lipinski definition) is 4. The first-order valence-corrected chi connectivity index (χ1v) is 7.59. The predicted octanol–water partition coefficient (Wildman–Crippen LogP) is 0.612. The zero-order chi connectivity index (χ0) is 17.7. The number of hydrogen-bond donors (Lipinski definition) is 3. The van der Waals surface area contributed by atoms with Gasteiger partial charge < -0.3 is 20.5 Å². The zero-order valence-electron chi connectivity index (χ0n) is 13.2. The van der Waals surface area contributed by atoms with Crippen molar-refractivity contribution in [3.05, 3.63) is 35.1 Å². The third kappa shape index (κ3) is 4.51. The zero-order valence-corrected chi connectivity index (χ0v) is 13.2. The maximum Gasteiger partial charge on any atom is 0.332 e. The molecular formula is C16H19FN2O5. The number of aliphatic carboxylic acids is 1. The molecular weight excluding hydrogens is 319 g/mol. The molecule has 2 amide bonds. The van der Waals surface area contributed by atoms with Crippen LogP contribution in [0.1, 0.15) is 28.8 Å². The number of carbonyl (C=O) groups is 3. The third-order valence-electron chi connectivity index (χ3n) is 3.73. The first-order chi connectivity index (χ1) is 11.4. The monoisotopic (exact) mass is 338 g/mol. The van der Waals surface area contributed by atoms with Gasteiger partial charge in [-0.05, 0) is 37.5 Å². The molecule has 0 bridgehead atoms. The SMILES string of the molecule is Cc1ccc(C(=O)NCCNC(=O)[C@@H]2CC[C@H](C(=O)O)O2)cc1F. The van der Waals surface area contributed by atoms with E-state index in [0.29, 0.717) is 18.4 Å². The molecule has 130 valence electrons. The quantitative estimate of drug-likeness (QED) is 0.659. The Hall–Kier alpha value is -2.48. The summed E-state index contributed by atoms with van der Waals surface area (Å²) in [4.78, 5) is 34.4. The van der Waals surface area contributed by atoms with Gasteiger partial charge in [0.25, 0.3) is 5.91 Å². The van der Waals surface area contributed by atoms with E-state index in [4.69, 9.17) is 9.84 Å². The van der Waals surface area contributed by atoms with Crippen molar-refractivity contribution in [1.29, 1.82) is 0 Å². The topological polar surface area (TPSA) is 105 Å². The lowest BCUT2D eigenvalue weighted by atomic mass is 10.1. The lowest BCUT2D eigenvalue weighted by Crippen LogP contribution is -2.40. The molecule has 2 atom stereocenters. The van der Waals surface area contributed by atoms with Crippen LogP contribution in [0, 0.1) is 12.7 Å². The van der Waals surface area contributed by atoms with Crippen LogP contribution in [0.25, 0.3) is 0 Å². The molecule has 1 fully saturated rings. The molecule has 8 heteroatoms. The molecule has 1 saturated heterocycles. The molecule has 1 aromatic rings. The van der Waals surface area contributed by atoms with Crippen molar-refractivity contribution < 1.29 is 28.6 Å². The number of carbonyl (C=O) groups excluding carboxylic acids is 2. The van der Waals surface area contributed by atoms with E-state index in [-0.39, 0.29) is 18.7 Å². The molecule has 0 radical (unpaired) electrons. The summed E-state index contributed by atoms with van der Waals surface area (Å²) in [5, 5.41) is 13.9. The van der Waals surface area contributed by atoms with Crippen molar-refractivity contribution in [1.82, 2.24) is 10.6 Å². The van der Waals surface area contributed by atoms with Crippen LogP contribution in [0.2, 0.25) is 0 Å². The minimum absolute atomic E-state index is 0.162. The van der Waals surface area contributed by atoms with Crippen LogP contribution in [0.15, 0.2) is 18.2 Å². The van der Waals surface area contributed by atoms with Gasteiger partial charge in [-0.2, -0.15) is 0 Å². The Labute approximate surface area is 138 Å². The lowest BCUT2D eigenvalue weighted by molar-refractivity contribution is -0.151. The Morgan fingerprint density at radius 1 is 1.21 bits per heavy atom. The highest BCUT2D eigenvalue weighted by Crippen LogP contribution is 2.19. The second-order valence-electron chi connectivity index (χ2n) is 5.54. The summed E-state index contributed by atoms with van der Waals surface area (Å²) in [6.45, 7) is 1.93. The molecule has 1 heterocycles. The summed E-state index contributed by atoms with van der Waals surface area (Å²) < 4.78 is 18.5. The van der Waals surface area contributed by atoms with Crippen molar-refractivity contribution in [2.45, 2.75) is 32.0 Å². The maximum absolute atomic E-state index is 13.4. The summed E-state index contributed by atoms with van der Waals surface area (Å²) >= 11 is 0. The molecule has 1 aliphatic heterocycles. The normalized spacial score (nSPS) is 19.8. The Morgan fingerprint density at radius 3 is 2.50 bits per heavy atom. The van der Waals surface area contributed by atoms with Crippen LogP contribution in [-0.2, 0) is 14.3 Å². The largest absolute Gasteiger partial charge is 0.479 e. The van der Waals surface area contributed by atoms with Crippen LogP contribution in [0.4, 0.5) is 4.39 Å². The van der Waals surface area contributed by atoms with E-state index in [9.17, 15) is 18.8 Å². The fraction of sp³-hybridized carbons (Fsp3) is 0.438. The fourth-order valence-electron chi connectivity index (χ4n) is 2.32. The second-order valence-corrected chi connectivity index (χ2v) is 5.54. The van der Waals surface area contributed by atoms with Crippen LogP contribution in [0.5, 0.6) is 0 Å². The summed E-state index contributed by atoms with van der Waals surface area (Å²) in [5.74, 6) is -2.38. The van der Waals surface area contributed by atoms with Crippen LogP contribution in [-0.4, -0.2) is 48.2 Å². The summed E-state index contributed by atoms with van der Waals surface area (Å²) in [7, 11) is 0. The van der Waals surface area contributed by atoms with Gasteiger partial charge in [0, 0.05) is 18.7 Å². The van der Waals surface area contributed by atoms with Gasteiger partial charge in [0.2, 0.25) is 5.91 Å². The number of carboxylic acid groups (broad SMARTS) is 1. The van der Waals surface area contributed by atoms with Gasteiger partial charge in [0.15, 0.2) is 6.10 Å². The van der Waals surface area contributed by atoms with E-state index >= 15 is 0 Å². The second kappa shape index (κ2) is 7.87. The van der Waals surface area contributed by atoms with Gasteiger partial charge in [-0.25, -0.2) is 9.18 Å². The van der Waals surface area contributed by atoms with Gasteiger partial charge in [-0.1, -0.05) is 6.07 Å². The van der Waals surface area contributed by atoms with E-state index < -0.39 is 35.8 Å². The molecule has 0 unspecified atom stereocenters. The van der Waals surface area contributed by atoms with E-state index in [0.717, 1.165) is 6.07 Å². The van der Waals surface area contributed by atoms with E-state index in [1.165, 1.54) is 12.1 Å². The van der Waals surface area contributed by atoms with Crippen molar-refractivity contribution >= 4 is 17.8 Å². The third-order valence-corrected chi connectivity index (χ3v) is 3.73. The lowest BCUT2D eigenvalue weighted by Gasteiger charge is -2.12. The van der Waals surface area contributed by atoms with Crippen LogP contribution in [0.3, 0.4) is 0 Å². The minimum atomic E-state index is -1.08. The highest BCUT2D eigenvalue weighted by atomic mass is 19.1.